The summed E-state index contributed by atoms with van der Waals surface area (Å²) in [5.74, 6) is 4.09. The van der Waals surface area contributed by atoms with Gasteiger partial charge in [0.2, 0.25) is 8.32 Å². The first-order chi connectivity index (χ1) is 18.4. The highest BCUT2D eigenvalue weighted by atomic mass is 28.4. The van der Waals surface area contributed by atoms with E-state index < -0.39 is 16.6 Å². The van der Waals surface area contributed by atoms with Crippen LogP contribution in [0.2, 0.25) is 36.3 Å². The Labute approximate surface area is 250 Å². The molecular formula is C36H62O2Si2. The first-order valence-electron chi connectivity index (χ1n) is 16.5. The van der Waals surface area contributed by atoms with Crippen molar-refractivity contribution >= 4 is 16.6 Å². The zero-order valence-corrected chi connectivity index (χ0v) is 30.1. The minimum absolute atomic E-state index is 0.218. The Hall–Kier alpha value is -0.846. The average molecular weight is 583 g/mol. The molecule has 3 aliphatic rings. The summed E-state index contributed by atoms with van der Waals surface area (Å²) in [6.07, 6.45) is 14.1. The van der Waals surface area contributed by atoms with Gasteiger partial charge < -0.3 is 8.85 Å². The average Bonchev–Trinajstić information content (AvgIpc) is 3.11. The molecule has 6 atom stereocenters. The van der Waals surface area contributed by atoms with E-state index >= 15 is 0 Å². The maximum atomic E-state index is 7.45. The second-order valence-electron chi connectivity index (χ2n) is 17.1. The summed E-state index contributed by atoms with van der Waals surface area (Å²) in [7, 11) is -3.69. The van der Waals surface area contributed by atoms with Crippen molar-refractivity contribution in [3.8, 4) is 5.75 Å². The van der Waals surface area contributed by atoms with Crippen LogP contribution in [-0.2, 0) is 10.8 Å². The van der Waals surface area contributed by atoms with Gasteiger partial charge in [-0.15, -0.1) is 6.58 Å². The second-order valence-corrected chi connectivity index (χ2v) is 26.5. The summed E-state index contributed by atoms with van der Waals surface area (Å²) in [5, 5.41) is 0.468. The van der Waals surface area contributed by atoms with Crippen molar-refractivity contribution in [3.05, 3.63) is 42.0 Å². The van der Waals surface area contributed by atoms with Gasteiger partial charge in [-0.25, -0.2) is 0 Å². The summed E-state index contributed by atoms with van der Waals surface area (Å²) in [5.41, 5.74) is 3.51. The summed E-state index contributed by atoms with van der Waals surface area (Å²) in [6, 6.07) is 7.18. The number of fused-ring (bicyclic) bond motifs is 5. The van der Waals surface area contributed by atoms with Gasteiger partial charge in [-0.2, -0.15) is 0 Å². The number of hydrogen-bond donors (Lipinski definition) is 0. The van der Waals surface area contributed by atoms with E-state index in [1.807, 2.05) is 0 Å². The molecule has 0 amide bonds. The van der Waals surface area contributed by atoms with Crippen molar-refractivity contribution in [2.24, 2.45) is 23.2 Å². The van der Waals surface area contributed by atoms with E-state index in [0.29, 0.717) is 23.4 Å². The number of benzene rings is 1. The third kappa shape index (κ3) is 6.11. The number of unbranched alkanes of at least 4 members (excludes halogenated alkanes) is 2. The molecule has 0 saturated heterocycles. The Balaban J connectivity index is 1.58. The van der Waals surface area contributed by atoms with Crippen molar-refractivity contribution < 1.29 is 8.85 Å². The van der Waals surface area contributed by atoms with Crippen LogP contribution in [0.3, 0.4) is 0 Å². The van der Waals surface area contributed by atoms with Gasteiger partial charge >= 0.3 is 0 Å². The first-order valence-corrected chi connectivity index (χ1v) is 22.3. The zero-order valence-electron chi connectivity index (χ0n) is 28.1. The van der Waals surface area contributed by atoms with Crippen LogP contribution in [0.25, 0.3) is 0 Å². The molecule has 2 saturated carbocycles. The Morgan fingerprint density at radius 1 is 0.975 bits per heavy atom. The summed E-state index contributed by atoms with van der Waals surface area (Å²) >= 11 is 0. The molecule has 1 aromatic carbocycles. The van der Waals surface area contributed by atoms with Gasteiger partial charge in [-0.3, -0.25) is 0 Å². The van der Waals surface area contributed by atoms with E-state index in [4.69, 9.17) is 8.85 Å². The van der Waals surface area contributed by atoms with Crippen LogP contribution in [0.5, 0.6) is 5.75 Å². The molecule has 4 rings (SSSR count). The Morgan fingerprint density at radius 3 is 2.27 bits per heavy atom. The number of allylic oxidation sites excluding steroid dienone is 1. The van der Waals surface area contributed by atoms with Gasteiger partial charge in [0.25, 0.3) is 0 Å². The standard InChI is InChI=1S/C36H62O2Si2/c1-13-14-15-16-17-27-25-32-31-20-18-26-24-28(37-39(9,10)34(2,3)4)19-21-29(26)30(31)22-23-36(32,8)33(27)38-40(11,12)35(5,6)7/h13,19,21,24,27,30-33H,1,14-18,20,22-23,25H2,2-12H3/t27?,30-,31-,32+,33+,36+/m1/s1. The summed E-state index contributed by atoms with van der Waals surface area (Å²) in [4.78, 5) is 0. The predicted molar refractivity (Wildman–Crippen MR) is 178 cm³/mol. The van der Waals surface area contributed by atoms with Crippen molar-refractivity contribution in [2.45, 2.75) is 155 Å². The minimum atomic E-state index is -1.86. The van der Waals surface area contributed by atoms with E-state index in [0.717, 1.165) is 24.0 Å². The maximum absolute atomic E-state index is 7.45. The fraction of sp³-hybridized carbons (Fsp3) is 0.778. The smallest absolute Gasteiger partial charge is 0.250 e. The molecule has 2 fully saturated rings. The topological polar surface area (TPSA) is 18.5 Å². The van der Waals surface area contributed by atoms with E-state index in [1.165, 1.54) is 51.4 Å². The molecular weight excluding hydrogens is 521 g/mol. The highest BCUT2D eigenvalue weighted by Gasteiger charge is 2.60. The monoisotopic (exact) mass is 582 g/mol. The largest absolute Gasteiger partial charge is 0.543 e. The number of hydrogen-bond acceptors (Lipinski definition) is 2. The SMILES string of the molecule is C=CCCCCC1C[C@H]2[C@@H]3CCc4cc(O[Si](C)(C)C(C)(C)C)ccc4[C@H]3CC[C@]2(C)[C@H]1O[Si](C)(C)C(C)(C)C. The molecule has 3 aliphatic carbocycles. The van der Waals surface area contributed by atoms with Crippen molar-refractivity contribution in [1.29, 1.82) is 0 Å². The fourth-order valence-electron chi connectivity index (χ4n) is 7.89. The minimum Gasteiger partial charge on any atom is -0.543 e. The Kier molecular flexibility index (Phi) is 9.09. The lowest BCUT2D eigenvalue weighted by Gasteiger charge is -2.52. The van der Waals surface area contributed by atoms with Gasteiger partial charge in [0, 0.05) is 0 Å². The maximum Gasteiger partial charge on any atom is 0.250 e. The normalized spacial score (nSPS) is 30.8. The zero-order chi connectivity index (χ0) is 29.7. The molecule has 226 valence electrons. The molecule has 40 heavy (non-hydrogen) atoms. The molecule has 0 N–H and O–H groups in total. The number of rotatable bonds is 9. The molecule has 0 radical (unpaired) electrons. The molecule has 0 aromatic heterocycles. The van der Waals surface area contributed by atoms with Crippen LogP contribution in [-0.4, -0.2) is 22.7 Å². The Morgan fingerprint density at radius 2 is 1.65 bits per heavy atom. The van der Waals surface area contributed by atoms with E-state index in [2.05, 4.69) is 106 Å². The van der Waals surface area contributed by atoms with E-state index in [9.17, 15) is 0 Å². The number of aryl methyl sites for hydroxylation is 1. The lowest BCUT2D eigenvalue weighted by molar-refractivity contribution is -0.0263. The van der Waals surface area contributed by atoms with Crippen LogP contribution in [0.1, 0.15) is 117 Å². The molecule has 1 unspecified atom stereocenters. The van der Waals surface area contributed by atoms with Gasteiger partial charge in [-0.1, -0.05) is 67.0 Å². The van der Waals surface area contributed by atoms with Crippen molar-refractivity contribution in [3.63, 3.8) is 0 Å². The lowest BCUT2D eigenvalue weighted by Crippen LogP contribution is -2.51. The molecule has 0 spiro atoms. The third-order valence-electron chi connectivity index (χ3n) is 12.4. The molecule has 0 bridgehead atoms. The van der Waals surface area contributed by atoms with E-state index in [1.54, 1.807) is 11.1 Å². The molecule has 0 heterocycles. The second kappa shape index (κ2) is 11.3. The van der Waals surface area contributed by atoms with Crippen molar-refractivity contribution in [2.75, 3.05) is 0 Å². The molecule has 2 nitrogen and oxygen atoms in total. The first kappa shape index (κ1) is 32.1. The van der Waals surface area contributed by atoms with Crippen LogP contribution >= 0.6 is 0 Å². The van der Waals surface area contributed by atoms with Crippen molar-refractivity contribution in [1.82, 2.24) is 0 Å². The van der Waals surface area contributed by atoms with E-state index in [-0.39, 0.29) is 10.1 Å². The van der Waals surface area contributed by atoms with Gasteiger partial charge in [0.15, 0.2) is 8.32 Å². The molecule has 1 aromatic rings. The van der Waals surface area contributed by atoms with Gasteiger partial charge in [0.1, 0.15) is 5.75 Å². The molecule has 0 aliphatic heterocycles. The third-order valence-corrected chi connectivity index (χ3v) is 21.2. The summed E-state index contributed by atoms with van der Waals surface area (Å²) < 4.78 is 14.2. The van der Waals surface area contributed by atoms with Crippen LogP contribution in [0, 0.1) is 23.2 Å². The Bertz CT molecular complexity index is 1050. The highest BCUT2D eigenvalue weighted by molar-refractivity contribution is 6.75. The predicted octanol–water partition coefficient (Wildman–Crippen LogP) is 11.3. The van der Waals surface area contributed by atoms with Gasteiger partial charge in [-0.05, 0) is 140 Å². The van der Waals surface area contributed by atoms with Gasteiger partial charge in [0.05, 0.1) is 6.10 Å². The molecule has 4 heteroatoms. The summed E-state index contributed by atoms with van der Waals surface area (Å²) in [6.45, 7) is 30.5. The van der Waals surface area contributed by atoms with Crippen LogP contribution < -0.4 is 4.43 Å². The fourth-order valence-corrected chi connectivity index (χ4v) is 10.4. The highest BCUT2D eigenvalue weighted by Crippen LogP contribution is 2.64. The van der Waals surface area contributed by atoms with Crippen LogP contribution in [0.4, 0.5) is 0 Å². The van der Waals surface area contributed by atoms with Crippen LogP contribution in [0.15, 0.2) is 30.9 Å². The lowest BCUT2D eigenvalue weighted by atomic mass is 9.55. The quantitative estimate of drug-likeness (QED) is 0.164.